The third kappa shape index (κ3) is 3.99. The molecule has 0 fully saturated rings. The van der Waals surface area contributed by atoms with Gasteiger partial charge in [0.1, 0.15) is 11.9 Å². The van der Waals surface area contributed by atoms with E-state index in [2.05, 4.69) is 27.4 Å². The standard InChI is InChI=1S/C22H21N5OS2/c1-13-6-7-18-19(9-13)25-22(24-18)30-12-20(28)26-21-17(10-23)14(2)15(3)27(21)11-16-5-4-8-29-16/h4-9H,11-12H2,1-3H3,(H,24,25)(H,26,28). The van der Waals surface area contributed by atoms with Crippen LogP contribution in [0.25, 0.3) is 11.0 Å². The lowest BCUT2D eigenvalue weighted by atomic mass is 10.2. The van der Waals surface area contributed by atoms with Crippen molar-refractivity contribution in [1.82, 2.24) is 14.5 Å². The molecule has 3 heterocycles. The Morgan fingerprint density at radius 3 is 2.90 bits per heavy atom. The Balaban J connectivity index is 1.51. The Labute approximate surface area is 182 Å². The summed E-state index contributed by atoms with van der Waals surface area (Å²) < 4.78 is 2.01. The molecule has 1 aromatic carbocycles. The van der Waals surface area contributed by atoms with E-state index in [9.17, 15) is 10.1 Å². The van der Waals surface area contributed by atoms with Gasteiger partial charge in [0.05, 0.1) is 28.9 Å². The van der Waals surface area contributed by atoms with Crippen LogP contribution in [0.5, 0.6) is 0 Å². The minimum atomic E-state index is -0.168. The van der Waals surface area contributed by atoms with Gasteiger partial charge in [0.15, 0.2) is 5.16 Å². The Morgan fingerprint density at radius 1 is 1.33 bits per heavy atom. The van der Waals surface area contributed by atoms with Crippen LogP contribution < -0.4 is 5.32 Å². The molecule has 2 N–H and O–H groups in total. The fourth-order valence-corrected chi connectivity index (χ4v) is 4.73. The van der Waals surface area contributed by atoms with Crippen molar-refractivity contribution in [2.24, 2.45) is 0 Å². The van der Waals surface area contributed by atoms with Crippen molar-refractivity contribution in [2.45, 2.75) is 32.5 Å². The normalized spacial score (nSPS) is 11.0. The second-order valence-electron chi connectivity index (χ2n) is 7.11. The van der Waals surface area contributed by atoms with Crippen LogP contribution in [-0.2, 0) is 11.3 Å². The van der Waals surface area contributed by atoms with Gasteiger partial charge in [0.2, 0.25) is 5.91 Å². The fourth-order valence-electron chi connectivity index (χ4n) is 3.36. The molecule has 0 bridgehead atoms. The molecule has 8 heteroatoms. The van der Waals surface area contributed by atoms with E-state index in [0.29, 0.717) is 23.1 Å². The van der Waals surface area contributed by atoms with E-state index in [1.54, 1.807) is 11.3 Å². The number of thioether (sulfide) groups is 1. The number of benzene rings is 1. The van der Waals surface area contributed by atoms with Gasteiger partial charge in [-0.25, -0.2) is 4.98 Å². The van der Waals surface area contributed by atoms with Crippen LogP contribution in [0.1, 0.15) is 27.3 Å². The quantitative estimate of drug-likeness (QED) is 0.417. The molecular formula is C22H21N5OS2. The van der Waals surface area contributed by atoms with Gasteiger partial charge in [-0.1, -0.05) is 23.9 Å². The van der Waals surface area contributed by atoms with Crippen LogP contribution in [0.15, 0.2) is 40.9 Å². The second-order valence-corrected chi connectivity index (χ2v) is 9.11. The van der Waals surface area contributed by atoms with Crippen LogP contribution in [0.3, 0.4) is 0 Å². The van der Waals surface area contributed by atoms with E-state index in [1.165, 1.54) is 16.6 Å². The lowest BCUT2D eigenvalue weighted by Crippen LogP contribution is -2.18. The van der Waals surface area contributed by atoms with Crippen LogP contribution in [0.2, 0.25) is 0 Å². The molecule has 1 amide bonds. The van der Waals surface area contributed by atoms with Crippen LogP contribution in [0.4, 0.5) is 5.82 Å². The molecule has 6 nitrogen and oxygen atoms in total. The average molecular weight is 436 g/mol. The molecule has 0 saturated heterocycles. The number of carbonyl (C=O) groups excluding carboxylic acids is 1. The average Bonchev–Trinajstić information content (AvgIpc) is 3.42. The molecule has 0 aliphatic heterocycles. The zero-order valence-corrected chi connectivity index (χ0v) is 18.6. The first-order valence-corrected chi connectivity index (χ1v) is 11.3. The number of aryl methyl sites for hydroxylation is 1. The first-order chi connectivity index (χ1) is 14.5. The highest BCUT2D eigenvalue weighted by Gasteiger charge is 2.20. The number of aromatic nitrogens is 3. The number of anilines is 1. The highest BCUT2D eigenvalue weighted by molar-refractivity contribution is 7.99. The molecule has 4 aromatic rings. The molecule has 0 aliphatic rings. The monoisotopic (exact) mass is 435 g/mol. The predicted molar refractivity (Wildman–Crippen MR) is 122 cm³/mol. The zero-order chi connectivity index (χ0) is 21.3. The van der Waals surface area contributed by atoms with Crippen molar-refractivity contribution in [3.8, 4) is 6.07 Å². The number of imidazole rings is 1. The van der Waals surface area contributed by atoms with E-state index in [4.69, 9.17) is 0 Å². The summed E-state index contributed by atoms with van der Waals surface area (Å²) in [5, 5.41) is 15.3. The van der Waals surface area contributed by atoms with Gasteiger partial charge in [0, 0.05) is 10.6 Å². The summed E-state index contributed by atoms with van der Waals surface area (Å²) in [6.07, 6.45) is 0. The smallest absolute Gasteiger partial charge is 0.235 e. The number of aromatic amines is 1. The summed E-state index contributed by atoms with van der Waals surface area (Å²) in [6.45, 7) is 6.55. The number of carbonyl (C=O) groups is 1. The van der Waals surface area contributed by atoms with Crippen molar-refractivity contribution in [3.05, 3.63) is 63.0 Å². The van der Waals surface area contributed by atoms with Crippen molar-refractivity contribution in [1.29, 1.82) is 5.26 Å². The third-order valence-corrected chi connectivity index (χ3v) is 6.78. The Kier molecular flexibility index (Phi) is 5.66. The van der Waals surface area contributed by atoms with Gasteiger partial charge >= 0.3 is 0 Å². The number of nitriles is 1. The minimum Gasteiger partial charge on any atom is -0.333 e. The SMILES string of the molecule is Cc1ccc2nc(SCC(=O)Nc3c(C#N)c(C)c(C)n3Cc3cccs3)[nH]c2c1. The lowest BCUT2D eigenvalue weighted by Gasteiger charge is -2.12. The summed E-state index contributed by atoms with van der Waals surface area (Å²) in [5.41, 5.74) is 5.38. The lowest BCUT2D eigenvalue weighted by molar-refractivity contribution is -0.113. The number of amides is 1. The number of thiophene rings is 1. The number of H-pyrrole nitrogens is 1. The molecule has 3 aromatic heterocycles. The number of nitrogens with zero attached hydrogens (tertiary/aromatic N) is 3. The van der Waals surface area contributed by atoms with Crippen molar-refractivity contribution >= 4 is 45.9 Å². The van der Waals surface area contributed by atoms with Gasteiger partial charge in [-0.15, -0.1) is 11.3 Å². The maximum Gasteiger partial charge on any atom is 0.235 e. The molecule has 30 heavy (non-hydrogen) atoms. The van der Waals surface area contributed by atoms with Gasteiger partial charge < -0.3 is 14.9 Å². The maximum absolute atomic E-state index is 12.7. The Hall–Kier alpha value is -3.02. The maximum atomic E-state index is 12.7. The van der Waals surface area contributed by atoms with Gasteiger partial charge in [0.25, 0.3) is 0 Å². The second kappa shape index (κ2) is 8.38. The van der Waals surface area contributed by atoms with Crippen LogP contribution in [-0.4, -0.2) is 26.2 Å². The fraction of sp³-hybridized carbons (Fsp3) is 0.227. The Bertz CT molecular complexity index is 1260. The highest BCUT2D eigenvalue weighted by atomic mass is 32.2. The molecule has 0 atom stereocenters. The minimum absolute atomic E-state index is 0.168. The molecule has 0 spiro atoms. The predicted octanol–water partition coefficient (Wildman–Crippen LogP) is 5.00. The van der Waals surface area contributed by atoms with E-state index < -0.39 is 0 Å². The first-order valence-electron chi connectivity index (χ1n) is 9.47. The summed E-state index contributed by atoms with van der Waals surface area (Å²) >= 11 is 3.00. The highest BCUT2D eigenvalue weighted by Crippen LogP contribution is 2.28. The van der Waals surface area contributed by atoms with Gasteiger partial charge in [-0.05, 0) is 55.5 Å². The molecule has 0 saturated carbocycles. The molecular weight excluding hydrogens is 414 g/mol. The summed E-state index contributed by atoms with van der Waals surface area (Å²) in [5.74, 6) is 0.594. The first kappa shape index (κ1) is 20.3. The third-order valence-electron chi connectivity index (χ3n) is 5.05. The molecule has 4 rings (SSSR count). The van der Waals surface area contributed by atoms with Crippen molar-refractivity contribution in [3.63, 3.8) is 0 Å². The number of hydrogen-bond donors (Lipinski definition) is 2. The van der Waals surface area contributed by atoms with E-state index in [0.717, 1.165) is 27.9 Å². The van der Waals surface area contributed by atoms with E-state index >= 15 is 0 Å². The number of hydrogen-bond acceptors (Lipinski definition) is 5. The zero-order valence-electron chi connectivity index (χ0n) is 16.9. The summed E-state index contributed by atoms with van der Waals surface area (Å²) in [7, 11) is 0. The van der Waals surface area contributed by atoms with Crippen LogP contribution in [0, 0.1) is 32.1 Å². The molecule has 152 valence electrons. The van der Waals surface area contributed by atoms with Gasteiger partial charge in [-0.2, -0.15) is 5.26 Å². The molecule has 0 unspecified atom stereocenters. The van der Waals surface area contributed by atoms with Crippen molar-refractivity contribution in [2.75, 3.05) is 11.1 Å². The number of rotatable bonds is 6. The van der Waals surface area contributed by atoms with Crippen LogP contribution >= 0.6 is 23.1 Å². The molecule has 0 radical (unpaired) electrons. The molecule has 0 aliphatic carbocycles. The van der Waals surface area contributed by atoms with Crippen molar-refractivity contribution < 1.29 is 4.79 Å². The summed E-state index contributed by atoms with van der Waals surface area (Å²) in [4.78, 5) is 21.6. The number of nitrogens with one attached hydrogen (secondary N) is 2. The largest absolute Gasteiger partial charge is 0.333 e. The topological polar surface area (TPSA) is 86.5 Å². The Morgan fingerprint density at radius 2 is 2.17 bits per heavy atom. The van der Waals surface area contributed by atoms with E-state index in [1.807, 2.05) is 55.0 Å². The number of fused-ring (bicyclic) bond motifs is 1. The van der Waals surface area contributed by atoms with E-state index in [-0.39, 0.29) is 11.7 Å². The summed E-state index contributed by atoms with van der Waals surface area (Å²) in [6, 6.07) is 12.3. The van der Waals surface area contributed by atoms with Gasteiger partial charge in [-0.3, -0.25) is 4.79 Å².